The van der Waals surface area contributed by atoms with Crippen LogP contribution in [0, 0.1) is 0 Å². The molecular formula is C15H11BrN2O2S. The number of rotatable bonds is 3. The summed E-state index contributed by atoms with van der Waals surface area (Å²) in [5.74, 6) is 0. The van der Waals surface area contributed by atoms with Crippen molar-refractivity contribution in [1.82, 2.24) is 4.98 Å². The molecule has 0 radical (unpaired) electrons. The molecule has 0 aliphatic heterocycles. The molecule has 0 spiro atoms. The molecule has 1 heterocycles. The van der Waals surface area contributed by atoms with E-state index in [2.05, 4.69) is 26.2 Å². The molecule has 1 amide bonds. The number of hydrogen-bond donors (Lipinski definition) is 1. The van der Waals surface area contributed by atoms with Gasteiger partial charge in [0.05, 0.1) is 10.2 Å². The Hall–Kier alpha value is -1.92. The van der Waals surface area contributed by atoms with E-state index in [0.29, 0.717) is 5.13 Å². The number of halogens is 1. The van der Waals surface area contributed by atoms with Gasteiger partial charge < -0.3 is 4.74 Å². The molecule has 6 heteroatoms. The highest BCUT2D eigenvalue weighted by Crippen LogP contribution is 2.28. The van der Waals surface area contributed by atoms with E-state index >= 15 is 0 Å². The van der Waals surface area contributed by atoms with Crippen LogP contribution in [0.3, 0.4) is 0 Å². The Morgan fingerprint density at radius 1 is 1.24 bits per heavy atom. The average molecular weight is 363 g/mol. The molecule has 1 N–H and O–H groups in total. The summed E-state index contributed by atoms with van der Waals surface area (Å²) < 4.78 is 7.14. The summed E-state index contributed by atoms with van der Waals surface area (Å²) in [6.07, 6.45) is -0.503. The Morgan fingerprint density at radius 2 is 2.05 bits per heavy atom. The maximum Gasteiger partial charge on any atom is 0.413 e. The zero-order valence-corrected chi connectivity index (χ0v) is 13.3. The second-order valence-electron chi connectivity index (χ2n) is 4.32. The van der Waals surface area contributed by atoms with Gasteiger partial charge in [0.25, 0.3) is 0 Å². The van der Waals surface area contributed by atoms with Gasteiger partial charge in [-0.05, 0) is 23.8 Å². The summed E-state index contributed by atoms with van der Waals surface area (Å²) in [7, 11) is 0. The maximum atomic E-state index is 11.8. The first kappa shape index (κ1) is 14.0. The minimum atomic E-state index is -0.503. The monoisotopic (exact) mass is 362 g/mol. The van der Waals surface area contributed by atoms with E-state index < -0.39 is 6.09 Å². The van der Waals surface area contributed by atoms with Crippen molar-refractivity contribution < 1.29 is 9.53 Å². The molecule has 3 aromatic rings. The van der Waals surface area contributed by atoms with Crippen molar-refractivity contribution in [2.75, 3.05) is 5.32 Å². The lowest BCUT2D eigenvalue weighted by molar-refractivity contribution is 0.155. The van der Waals surface area contributed by atoms with Crippen LogP contribution in [0.4, 0.5) is 9.93 Å². The Labute approximate surface area is 133 Å². The molecule has 1 aromatic heterocycles. The van der Waals surface area contributed by atoms with Crippen molar-refractivity contribution in [2.45, 2.75) is 6.61 Å². The second kappa shape index (κ2) is 6.24. The van der Waals surface area contributed by atoms with Crippen LogP contribution in [-0.4, -0.2) is 11.1 Å². The number of fused-ring (bicyclic) bond motifs is 1. The average Bonchev–Trinajstić information content (AvgIpc) is 2.87. The lowest BCUT2D eigenvalue weighted by Crippen LogP contribution is -2.13. The van der Waals surface area contributed by atoms with Crippen molar-refractivity contribution in [3.8, 4) is 0 Å². The highest BCUT2D eigenvalue weighted by Gasteiger charge is 2.09. The van der Waals surface area contributed by atoms with E-state index in [1.165, 1.54) is 11.3 Å². The highest BCUT2D eigenvalue weighted by atomic mass is 79.9. The Bertz CT molecular complexity index is 774. The molecule has 0 aliphatic carbocycles. The number of benzene rings is 2. The number of anilines is 1. The standard InChI is InChI=1S/C15H11BrN2O2S/c16-11-6-7-12-13(8-11)21-14(17-12)18-15(19)20-9-10-4-2-1-3-5-10/h1-8H,9H2,(H,17,18,19). The molecule has 21 heavy (non-hydrogen) atoms. The van der Waals surface area contributed by atoms with Crippen LogP contribution >= 0.6 is 27.3 Å². The predicted molar refractivity (Wildman–Crippen MR) is 87.6 cm³/mol. The number of ether oxygens (including phenoxy) is 1. The molecule has 4 nitrogen and oxygen atoms in total. The fraction of sp³-hybridized carbons (Fsp3) is 0.0667. The number of hydrogen-bond acceptors (Lipinski definition) is 4. The van der Waals surface area contributed by atoms with Crippen LogP contribution in [-0.2, 0) is 11.3 Å². The Balaban J connectivity index is 1.63. The largest absolute Gasteiger partial charge is 0.444 e. The smallest absolute Gasteiger partial charge is 0.413 e. The third kappa shape index (κ3) is 3.59. The SMILES string of the molecule is O=C(Nc1nc2ccc(Br)cc2s1)OCc1ccccc1. The van der Waals surface area contributed by atoms with Crippen molar-refractivity contribution >= 4 is 48.7 Å². The third-order valence-corrected chi connectivity index (χ3v) is 4.20. The first-order chi connectivity index (χ1) is 10.2. The first-order valence-corrected chi connectivity index (χ1v) is 7.85. The molecule has 0 atom stereocenters. The van der Waals surface area contributed by atoms with Crippen molar-refractivity contribution in [2.24, 2.45) is 0 Å². The lowest BCUT2D eigenvalue weighted by atomic mass is 10.2. The van der Waals surface area contributed by atoms with E-state index in [9.17, 15) is 4.79 Å². The van der Waals surface area contributed by atoms with Gasteiger partial charge in [-0.15, -0.1) is 0 Å². The minimum Gasteiger partial charge on any atom is -0.444 e. The Kier molecular flexibility index (Phi) is 4.17. The summed E-state index contributed by atoms with van der Waals surface area (Å²) in [6, 6.07) is 15.3. The topological polar surface area (TPSA) is 51.2 Å². The Morgan fingerprint density at radius 3 is 2.86 bits per heavy atom. The summed E-state index contributed by atoms with van der Waals surface area (Å²) in [5, 5.41) is 3.18. The summed E-state index contributed by atoms with van der Waals surface area (Å²) >= 11 is 4.82. The molecule has 0 saturated heterocycles. The predicted octanol–water partition coefficient (Wildman–Crippen LogP) is 4.81. The maximum absolute atomic E-state index is 11.8. The fourth-order valence-corrected chi connectivity index (χ4v) is 3.20. The number of aromatic nitrogens is 1. The lowest BCUT2D eigenvalue weighted by Gasteiger charge is -2.04. The quantitative estimate of drug-likeness (QED) is 0.727. The van der Waals surface area contributed by atoms with Gasteiger partial charge in [0.1, 0.15) is 6.61 Å². The molecule has 0 aliphatic rings. The number of amides is 1. The van der Waals surface area contributed by atoms with E-state index in [1.807, 2.05) is 48.5 Å². The molecule has 0 fully saturated rings. The van der Waals surface area contributed by atoms with Gasteiger partial charge in [-0.1, -0.05) is 57.6 Å². The molecule has 3 rings (SSSR count). The molecule has 2 aromatic carbocycles. The van der Waals surface area contributed by atoms with Crippen LogP contribution in [0.25, 0.3) is 10.2 Å². The number of carbonyl (C=O) groups excluding carboxylic acids is 1. The van der Waals surface area contributed by atoms with E-state index in [-0.39, 0.29) is 6.61 Å². The molecular weight excluding hydrogens is 352 g/mol. The van der Waals surface area contributed by atoms with Gasteiger partial charge in [-0.2, -0.15) is 0 Å². The van der Waals surface area contributed by atoms with E-state index in [4.69, 9.17) is 4.74 Å². The minimum absolute atomic E-state index is 0.239. The normalized spacial score (nSPS) is 10.5. The van der Waals surface area contributed by atoms with Crippen molar-refractivity contribution in [3.63, 3.8) is 0 Å². The van der Waals surface area contributed by atoms with Crippen LogP contribution in [0.5, 0.6) is 0 Å². The number of carbonyl (C=O) groups is 1. The number of thiazole rings is 1. The van der Waals surface area contributed by atoms with Crippen molar-refractivity contribution in [3.05, 3.63) is 58.6 Å². The van der Waals surface area contributed by atoms with Crippen LogP contribution in [0.1, 0.15) is 5.56 Å². The van der Waals surface area contributed by atoms with Gasteiger partial charge in [0.2, 0.25) is 0 Å². The zero-order chi connectivity index (χ0) is 14.7. The van der Waals surface area contributed by atoms with Crippen LogP contribution in [0.15, 0.2) is 53.0 Å². The summed E-state index contributed by atoms with van der Waals surface area (Å²) in [5.41, 5.74) is 1.79. The van der Waals surface area contributed by atoms with Gasteiger partial charge in [0, 0.05) is 4.47 Å². The molecule has 106 valence electrons. The third-order valence-electron chi connectivity index (χ3n) is 2.77. The van der Waals surface area contributed by atoms with E-state index in [0.717, 1.165) is 20.3 Å². The summed E-state index contributed by atoms with van der Waals surface area (Å²) in [6.45, 7) is 0.239. The highest BCUT2D eigenvalue weighted by molar-refractivity contribution is 9.10. The van der Waals surface area contributed by atoms with Crippen LogP contribution in [0.2, 0.25) is 0 Å². The second-order valence-corrected chi connectivity index (χ2v) is 6.26. The van der Waals surface area contributed by atoms with Crippen molar-refractivity contribution in [1.29, 1.82) is 0 Å². The molecule has 0 saturated carbocycles. The van der Waals surface area contributed by atoms with Gasteiger partial charge in [-0.3, -0.25) is 5.32 Å². The zero-order valence-electron chi connectivity index (χ0n) is 10.9. The fourth-order valence-electron chi connectivity index (χ4n) is 1.80. The van der Waals surface area contributed by atoms with Crippen LogP contribution < -0.4 is 5.32 Å². The number of nitrogens with one attached hydrogen (secondary N) is 1. The van der Waals surface area contributed by atoms with Gasteiger partial charge >= 0.3 is 6.09 Å². The van der Waals surface area contributed by atoms with E-state index in [1.54, 1.807) is 0 Å². The van der Waals surface area contributed by atoms with Gasteiger partial charge in [-0.25, -0.2) is 9.78 Å². The number of nitrogens with zero attached hydrogens (tertiary/aromatic N) is 1. The first-order valence-electron chi connectivity index (χ1n) is 6.24. The molecule has 0 bridgehead atoms. The molecule has 0 unspecified atom stereocenters. The summed E-state index contributed by atoms with van der Waals surface area (Å²) in [4.78, 5) is 16.1. The van der Waals surface area contributed by atoms with Gasteiger partial charge in [0.15, 0.2) is 5.13 Å².